The summed E-state index contributed by atoms with van der Waals surface area (Å²) in [6.45, 7) is 2.04. The number of nitrogens with zero attached hydrogens (tertiary/aromatic N) is 4. The van der Waals surface area contributed by atoms with Crippen molar-refractivity contribution in [1.82, 2.24) is 20.0 Å². The molecule has 0 saturated carbocycles. The van der Waals surface area contributed by atoms with Crippen molar-refractivity contribution in [3.05, 3.63) is 66.2 Å². The van der Waals surface area contributed by atoms with Gasteiger partial charge in [-0.25, -0.2) is 4.79 Å². The number of urea groups is 1. The van der Waals surface area contributed by atoms with Crippen LogP contribution in [0.15, 0.2) is 60.7 Å². The second-order valence-corrected chi connectivity index (χ2v) is 7.85. The van der Waals surface area contributed by atoms with Crippen LogP contribution in [0.4, 0.5) is 10.5 Å². The van der Waals surface area contributed by atoms with E-state index in [0.717, 1.165) is 30.8 Å². The van der Waals surface area contributed by atoms with E-state index in [4.69, 9.17) is 0 Å². The molecule has 2 aromatic rings. The number of hydrogen-bond donors (Lipinski definition) is 1. The van der Waals surface area contributed by atoms with Gasteiger partial charge in [0.15, 0.2) is 0 Å². The normalized spacial score (nSPS) is 27.2. The van der Waals surface area contributed by atoms with Gasteiger partial charge in [-0.2, -0.15) is 0 Å². The molecule has 0 aromatic heterocycles. The van der Waals surface area contributed by atoms with E-state index in [0.29, 0.717) is 6.54 Å². The Bertz CT molecular complexity index is 906. The van der Waals surface area contributed by atoms with Crippen LogP contribution in [0, 0.1) is 0 Å². The summed E-state index contributed by atoms with van der Waals surface area (Å²) in [6, 6.07) is 19.3. The van der Waals surface area contributed by atoms with Crippen LogP contribution >= 0.6 is 0 Å². The molecule has 150 valence electrons. The number of benzene rings is 2. The zero-order valence-electron chi connectivity index (χ0n) is 16.4. The molecule has 3 aliphatic rings. The summed E-state index contributed by atoms with van der Waals surface area (Å²) in [6.07, 6.45) is 0.549. The first kappa shape index (κ1) is 18.1. The standard InChI is InChI=1S/C22H25N5O2/c1-24-19-18(20(28)27(22(24)29)15-16-9-4-2-5-10-16)26-14-8-13-25(21(26)23-19)17-11-6-3-7-12-17/h2-7,9-12,18-19,21,23H,8,13-15H2,1H3. The predicted molar refractivity (Wildman–Crippen MR) is 110 cm³/mol. The Morgan fingerprint density at radius 2 is 1.66 bits per heavy atom. The van der Waals surface area contributed by atoms with E-state index in [-0.39, 0.29) is 30.4 Å². The first-order valence-corrected chi connectivity index (χ1v) is 10.1. The molecule has 3 fully saturated rings. The van der Waals surface area contributed by atoms with Crippen molar-refractivity contribution in [3.8, 4) is 0 Å². The van der Waals surface area contributed by atoms with E-state index in [1.807, 2.05) is 48.5 Å². The van der Waals surface area contributed by atoms with Crippen molar-refractivity contribution in [2.75, 3.05) is 25.0 Å². The van der Waals surface area contributed by atoms with Gasteiger partial charge in [-0.15, -0.1) is 0 Å². The summed E-state index contributed by atoms with van der Waals surface area (Å²) >= 11 is 0. The Labute approximate surface area is 170 Å². The van der Waals surface area contributed by atoms with E-state index in [9.17, 15) is 9.59 Å². The minimum atomic E-state index is -0.377. The third-order valence-electron chi connectivity index (χ3n) is 6.14. The highest BCUT2D eigenvalue weighted by Crippen LogP contribution is 2.33. The lowest BCUT2D eigenvalue weighted by Gasteiger charge is -2.43. The van der Waals surface area contributed by atoms with Crippen LogP contribution < -0.4 is 10.2 Å². The molecule has 0 bridgehead atoms. The van der Waals surface area contributed by atoms with Crippen LogP contribution in [0.25, 0.3) is 0 Å². The molecule has 1 N–H and O–H groups in total. The maximum Gasteiger partial charge on any atom is 0.328 e. The highest BCUT2D eigenvalue weighted by Gasteiger charge is 2.56. The molecular formula is C22H25N5O2. The molecule has 3 atom stereocenters. The highest BCUT2D eigenvalue weighted by molar-refractivity contribution is 6.00. The number of nitrogens with one attached hydrogen (secondary N) is 1. The SMILES string of the molecule is CN1C(=O)N(Cc2ccccc2)C(=O)C2C1NC1N(c3ccccc3)CCCN21. The van der Waals surface area contributed by atoms with Gasteiger partial charge >= 0.3 is 6.03 Å². The number of carbonyl (C=O) groups is 2. The summed E-state index contributed by atoms with van der Waals surface area (Å²) < 4.78 is 0. The van der Waals surface area contributed by atoms with Gasteiger partial charge in [-0.3, -0.25) is 19.9 Å². The number of carbonyl (C=O) groups excluding carboxylic acids is 2. The summed E-state index contributed by atoms with van der Waals surface area (Å²) in [5.74, 6) is -0.119. The minimum absolute atomic E-state index is 0.1000. The molecule has 3 heterocycles. The van der Waals surface area contributed by atoms with Gasteiger partial charge in [0.25, 0.3) is 5.91 Å². The van der Waals surface area contributed by atoms with Crippen LogP contribution in [-0.2, 0) is 11.3 Å². The Kier molecular flexibility index (Phi) is 4.49. The maximum absolute atomic E-state index is 13.4. The van der Waals surface area contributed by atoms with Crippen molar-refractivity contribution in [1.29, 1.82) is 0 Å². The monoisotopic (exact) mass is 391 g/mol. The molecule has 0 aliphatic carbocycles. The number of imide groups is 1. The van der Waals surface area contributed by atoms with Crippen LogP contribution in [0.2, 0.25) is 0 Å². The fourth-order valence-corrected chi connectivity index (χ4v) is 4.71. The smallest absolute Gasteiger partial charge is 0.328 e. The topological polar surface area (TPSA) is 59.1 Å². The van der Waals surface area contributed by atoms with Crippen LogP contribution in [-0.4, -0.2) is 65.3 Å². The lowest BCUT2D eigenvalue weighted by Crippen LogP contribution is -2.66. The molecule has 0 radical (unpaired) electrons. The maximum atomic E-state index is 13.4. The van der Waals surface area contributed by atoms with Gasteiger partial charge in [0.2, 0.25) is 0 Å². The molecule has 7 nitrogen and oxygen atoms in total. The Balaban J connectivity index is 1.44. The van der Waals surface area contributed by atoms with Crippen LogP contribution in [0.1, 0.15) is 12.0 Å². The van der Waals surface area contributed by atoms with Gasteiger partial charge in [-0.05, 0) is 24.1 Å². The Morgan fingerprint density at radius 3 is 2.38 bits per heavy atom. The first-order chi connectivity index (χ1) is 14.1. The number of rotatable bonds is 3. The lowest BCUT2D eigenvalue weighted by molar-refractivity contribution is -0.139. The molecule has 3 saturated heterocycles. The molecule has 0 spiro atoms. The Hall–Kier alpha value is -2.90. The molecule has 7 heteroatoms. The van der Waals surface area contributed by atoms with Gasteiger partial charge in [0.1, 0.15) is 18.5 Å². The van der Waals surface area contributed by atoms with Gasteiger partial charge in [0.05, 0.1) is 6.54 Å². The summed E-state index contributed by atoms with van der Waals surface area (Å²) in [4.78, 5) is 34.0. The number of hydrogen-bond acceptors (Lipinski definition) is 5. The highest BCUT2D eigenvalue weighted by atomic mass is 16.2. The van der Waals surface area contributed by atoms with Crippen LogP contribution in [0.3, 0.4) is 0 Å². The molecule has 5 rings (SSSR count). The van der Waals surface area contributed by atoms with Crippen LogP contribution in [0.5, 0.6) is 0 Å². The first-order valence-electron chi connectivity index (χ1n) is 10.1. The number of fused-ring (bicyclic) bond motifs is 3. The van der Waals surface area contributed by atoms with E-state index in [1.54, 1.807) is 11.9 Å². The Morgan fingerprint density at radius 1 is 0.966 bits per heavy atom. The summed E-state index contributed by atoms with van der Waals surface area (Å²) in [5.41, 5.74) is 2.07. The van der Waals surface area contributed by atoms with E-state index in [2.05, 4.69) is 27.2 Å². The van der Waals surface area contributed by atoms with Crippen molar-refractivity contribution >= 4 is 17.6 Å². The van der Waals surface area contributed by atoms with Crippen molar-refractivity contribution < 1.29 is 9.59 Å². The summed E-state index contributed by atoms with van der Waals surface area (Å²) in [5, 5.41) is 3.55. The third-order valence-corrected chi connectivity index (χ3v) is 6.14. The number of amides is 3. The van der Waals surface area contributed by atoms with Crippen molar-refractivity contribution in [2.24, 2.45) is 0 Å². The number of likely N-dealkylation sites (N-methyl/N-ethyl adjacent to an activating group) is 1. The quantitative estimate of drug-likeness (QED) is 0.866. The zero-order valence-corrected chi connectivity index (χ0v) is 16.4. The molecule has 2 aromatic carbocycles. The van der Waals surface area contributed by atoms with E-state index < -0.39 is 0 Å². The van der Waals surface area contributed by atoms with E-state index in [1.165, 1.54) is 4.90 Å². The largest absolute Gasteiger partial charge is 0.343 e. The zero-order chi connectivity index (χ0) is 20.0. The van der Waals surface area contributed by atoms with Crippen molar-refractivity contribution in [2.45, 2.75) is 31.5 Å². The lowest BCUT2D eigenvalue weighted by atomic mass is 10.1. The predicted octanol–water partition coefficient (Wildman–Crippen LogP) is 1.87. The fourth-order valence-electron chi connectivity index (χ4n) is 4.71. The van der Waals surface area contributed by atoms with Gasteiger partial charge < -0.3 is 9.80 Å². The number of para-hydroxylation sites is 1. The average molecular weight is 391 g/mol. The molecular weight excluding hydrogens is 366 g/mol. The second-order valence-electron chi connectivity index (χ2n) is 7.85. The molecule has 3 aliphatic heterocycles. The third kappa shape index (κ3) is 2.97. The molecule has 29 heavy (non-hydrogen) atoms. The molecule has 3 amide bonds. The fraction of sp³-hybridized carbons (Fsp3) is 0.364. The van der Waals surface area contributed by atoms with E-state index >= 15 is 0 Å². The molecule has 3 unspecified atom stereocenters. The minimum Gasteiger partial charge on any atom is -0.343 e. The van der Waals surface area contributed by atoms with Gasteiger partial charge in [-0.1, -0.05) is 48.5 Å². The average Bonchev–Trinajstić information content (AvgIpc) is 3.16. The second kappa shape index (κ2) is 7.17. The van der Waals surface area contributed by atoms with Crippen molar-refractivity contribution in [3.63, 3.8) is 0 Å². The van der Waals surface area contributed by atoms with Gasteiger partial charge in [0, 0.05) is 25.8 Å². The summed E-state index contributed by atoms with van der Waals surface area (Å²) in [7, 11) is 1.78. The number of anilines is 1.